The van der Waals surface area contributed by atoms with Gasteiger partial charge in [0.2, 0.25) is 0 Å². The molecule has 9 nitrogen and oxygen atoms in total. The van der Waals surface area contributed by atoms with Crippen molar-refractivity contribution in [3.8, 4) is 0 Å². The van der Waals surface area contributed by atoms with E-state index in [-0.39, 0.29) is 11.3 Å². The van der Waals surface area contributed by atoms with Gasteiger partial charge in [0.1, 0.15) is 5.69 Å². The highest BCUT2D eigenvalue weighted by Gasteiger charge is 2.20. The number of hydrogen-bond donors (Lipinski definition) is 1. The third-order valence-electron chi connectivity index (χ3n) is 4.26. The second-order valence-corrected chi connectivity index (χ2v) is 6.38. The van der Waals surface area contributed by atoms with Crippen LogP contribution in [-0.4, -0.2) is 38.7 Å². The van der Waals surface area contributed by atoms with Crippen molar-refractivity contribution >= 4 is 28.6 Å². The van der Waals surface area contributed by atoms with E-state index in [1.165, 1.54) is 4.68 Å². The van der Waals surface area contributed by atoms with E-state index in [0.717, 1.165) is 0 Å². The molecule has 0 saturated carbocycles. The molecule has 150 valence electrons. The fraction of sp³-hybridized carbons (Fsp3) is 0.250. The Labute approximate surface area is 165 Å². The predicted molar refractivity (Wildman–Crippen MR) is 104 cm³/mol. The minimum atomic E-state index is -0.854. The fourth-order valence-corrected chi connectivity index (χ4v) is 2.87. The largest absolute Gasteiger partial charge is 0.451 e. The van der Waals surface area contributed by atoms with Crippen LogP contribution in [0.25, 0.3) is 10.8 Å². The van der Waals surface area contributed by atoms with Crippen LogP contribution in [-0.2, 0) is 23.1 Å². The van der Waals surface area contributed by atoms with Gasteiger partial charge in [-0.25, -0.2) is 9.48 Å². The third kappa shape index (κ3) is 4.23. The summed E-state index contributed by atoms with van der Waals surface area (Å²) < 4.78 is 7.80. The van der Waals surface area contributed by atoms with Crippen molar-refractivity contribution in [1.82, 2.24) is 19.7 Å². The van der Waals surface area contributed by atoms with Gasteiger partial charge >= 0.3 is 5.97 Å². The predicted octanol–water partition coefficient (Wildman–Crippen LogP) is 1.26. The molecule has 0 atom stereocenters. The summed E-state index contributed by atoms with van der Waals surface area (Å²) in [6.07, 6.45) is 2.32. The first-order valence-electron chi connectivity index (χ1n) is 9.05. The summed E-state index contributed by atoms with van der Waals surface area (Å²) in [5.74, 6) is -2.22. The highest BCUT2D eigenvalue weighted by atomic mass is 16.5. The number of hydrogen-bond acceptors (Lipinski definition) is 6. The molecule has 3 rings (SSSR count). The Bertz CT molecular complexity index is 1150. The maximum Gasteiger partial charge on any atom is 0.359 e. The quantitative estimate of drug-likeness (QED) is 0.628. The lowest BCUT2D eigenvalue weighted by atomic mass is 10.1. The molecule has 2 heterocycles. The summed E-state index contributed by atoms with van der Waals surface area (Å²) in [5, 5.41) is 6.95. The van der Waals surface area contributed by atoms with E-state index in [1.54, 1.807) is 54.2 Å². The zero-order valence-corrected chi connectivity index (χ0v) is 16.0. The Hall–Kier alpha value is -3.75. The lowest BCUT2D eigenvalue weighted by Gasteiger charge is -2.10. The highest BCUT2D eigenvalue weighted by molar-refractivity contribution is 6.06. The number of carbonyl (C=O) groups excluding carboxylic acids is 3. The van der Waals surface area contributed by atoms with Crippen LogP contribution in [0.2, 0.25) is 0 Å². The Morgan fingerprint density at radius 1 is 1.10 bits per heavy atom. The van der Waals surface area contributed by atoms with Crippen LogP contribution >= 0.6 is 0 Å². The van der Waals surface area contributed by atoms with Gasteiger partial charge in [-0.3, -0.25) is 19.7 Å². The van der Waals surface area contributed by atoms with Crippen LogP contribution in [0.5, 0.6) is 0 Å². The van der Waals surface area contributed by atoms with Crippen LogP contribution in [0.4, 0.5) is 0 Å². The molecule has 0 bridgehead atoms. The molecule has 3 aromatic rings. The molecule has 0 radical (unpaired) electrons. The number of nitrogens with zero attached hydrogens (tertiary/aromatic N) is 3. The number of imide groups is 1. The van der Waals surface area contributed by atoms with Crippen molar-refractivity contribution in [2.45, 2.75) is 19.9 Å². The van der Waals surface area contributed by atoms with Crippen molar-refractivity contribution in [2.75, 3.05) is 6.61 Å². The highest BCUT2D eigenvalue weighted by Crippen LogP contribution is 2.14. The Morgan fingerprint density at radius 3 is 2.48 bits per heavy atom. The molecule has 1 N–H and O–H groups in total. The number of benzene rings is 1. The van der Waals surface area contributed by atoms with Gasteiger partial charge in [0, 0.05) is 25.2 Å². The second-order valence-electron chi connectivity index (χ2n) is 6.38. The number of aromatic nitrogens is 3. The Balaban J connectivity index is 1.75. The lowest BCUT2D eigenvalue weighted by molar-refractivity contribution is -0.123. The van der Waals surface area contributed by atoms with E-state index in [4.69, 9.17) is 4.74 Å². The SMILES string of the molecule is CCCn1nc(C(=O)OCC(=O)NC(=O)c2cccn2C)c2ccccc2c1=O. The molecule has 0 spiro atoms. The maximum absolute atomic E-state index is 12.5. The summed E-state index contributed by atoms with van der Waals surface area (Å²) in [7, 11) is 1.67. The normalized spacial score (nSPS) is 10.7. The minimum absolute atomic E-state index is 0.0600. The van der Waals surface area contributed by atoms with Crippen LogP contribution < -0.4 is 10.9 Å². The van der Waals surface area contributed by atoms with Crippen molar-refractivity contribution in [2.24, 2.45) is 7.05 Å². The Morgan fingerprint density at radius 2 is 1.83 bits per heavy atom. The summed E-state index contributed by atoms with van der Waals surface area (Å²) in [6.45, 7) is 1.57. The standard InChI is InChI=1S/C20H20N4O5/c1-3-10-24-19(27)14-8-5-4-7-13(14)17(22-24)20(28)29-12-16(25)21-18(26)15-9-6-11-23(15)2/h4-9,11H,3,10,12H2,1-2H3,(H,21,25,26). The topological polar surface area (TPSA) is 112 Å². The minimum Gasteiger partial charge on any atom is -0.451 e. The summed E-state index contributed by atoms with van der Waals surface area (Å²) in [4.78, 5) is 49.0. The van der Waals surface area contributed by atoms with Crippen molar-refractivity contribution in [3.05, 3.63) is 64.3 Å². The molecule has 0 fully saturated rings. The van der Waals surface area contributed by atoms with Gasteiger partial charge in [0.15, 0.2) is 12.3 Å². The molecule has 1 aromatic carbocycles. The van der Waals surface area contributed by atoms with Crippen LogP contribution in [0.15, 0.2) is 47.4 Å². The first kappa shape index (κ1) is 20.0. The molecule has 0 aliphatic carbocycles. The van der Waals surface area contributed by atoms with Crippen molar-refractivity contribution < 1.29 is 19.1 Å². The van der Waals surface area contributed by atoms with Gasteiger partial charge in [-0.2, -0.15) is 5.10 Å². The van der Waals surface area contributed by atoms with Gasteiger partial charge in [0.25, 0.3) is 17.4 Å². The number of rotatable bonds is 6. The van der Waals surface area contributed by atoms with Crippen molar-refractivity contribution in [1.29, 1.82) is 0 Å². The fourth-order valence-electron chi connectivity index (χ4n) is 2.87. The van der Waals surface area contributed by atoms with E-state index in [2.05, 4.69) is 10.4 Å². The second kappa shape index (κ2) is 8.51. The number of amides is 2. The maximum atomic E-state index is 12.5. The molecule has 0 saturated heterocycles. The van der Waals surface area contributed by atoms with Gasteiger partial charge < -0.3 is 9.30 Å². The molecule has 29 heavy (non-hydrogen) atoms. The van der Waals surface area contributed by atoms with Gasteiger partial charge in [-0.05, 0) is 24.6 Å². The first-order valence-corrected chi connectivity index (χ1v) is 9.05. The summed E-state index contributed by atoms with van der Waals surface area (Å²) in [6, 6.07) is 9.79. The van der Waals surface area contributed by atoms with Crippen molar-refractivity contribution in [3.63, 3.8) is 0 Å². The van der Waals surface area contributed by atoms with Gasteiger partial charge in [-0.15, -0.1) is 0 Å². The number of nitrogens with one attached hydrogen (secondary N) is 1. The zero-order valence-electron chi connectivity index (χ0n) is 16.0. The van der Waals surface area contributed by atoms with Gasteiger partial charge in [-0.1, -0.05) is 25.1 Å². The molecule has 0 unspecified atom stereocenters. The molecular formula is C20H20N4O5. The van der Waals surface area contributed by atoms with E-state index >= 15 is 0 Å². The summed E-state index contributed by atoms with van der Waals surface area (Å²) in [5.41, 5.74) is -0.0657. The third-order valence-corrected chi connectivity index (χ3v) is 4.26. The monoisotopic (exact) mass is 396 g/mol. The number of carbonyl (C=O) groups is 3. The first-order chi connectivity index (χ1) is 13.9. The number of ether oxygens (including phenoxy) is 1. The van der Waals surface area contributed by atoms with E-state index in [9.17, 15) is 19.2 Å². The number of esters is 1. The molecule has 2 amide bonds. The molecule has 9 heteroatoms. The van der Waals surface area contributed by atoms with E-state index in [1.807, 2.05) is 6.92 Å². The zero-order chi connectivity index (χ0) is 21.0. The van der Waals surface area contributed by atoms with Crippen LogP contribution in [0.1, 0.15) is 34.3 Å². The summed E-state index contributed by atoms with van der Waals surface area (Å²) >= 11 is 0. The van der Waals surface area contributed by atoms with Gasteiger partial charge in [0.05, 0.1) is 5.39 Å². The molecular weight excluding hydrogens is 376 g/mol. The molecule has 0 aliphatic heterocycles. The van der Waals surface area contributed by atoms with Crippen LogP contribution in [0, 0.1) is 0 Å². The number of fused-ring (bicyclic) bond motifs is 1. The lowest BCUT2D eigenvalue weighted by Crippen LogP contribution is -2.35. The molecule has 2 aromatic heterocycles. The number of aryl methyl sites for hydroxylation is 2. The average molecular weight is 396 g/mol. The molecule has 0 aliphatic rings. The smallest absolute Gasteiger partial charge is 0.359 e. The Kier molecular flexibility index (Phi) is 5.87. The van der Waals surface area contributed by atoms with E-state index < -0.39 is 24.4 Å². The average Bonchev–Trinajstić information content (AvgIpc) is 3.14. The van der Waals surface area contributed by atoms with E-state index in [0.29, 0.717) is 29.4 Å². The van der Waals surface area contributed by atoms with Crippen LogP contribution in [0.3, 0.4) is 0 Å².